The van der Waals surface area contributed by atoms with Gasteiger partial charge in [-0.05, 0) is 39.3 Å². The van der Waals surface area contributed by atoms with Gasteiger partial charge in [0.1, 0.15) is 9.86 Å². The van der Waals surface area contributed by atoms with Crippen molar-refractivity contribution in [3.8, 4) is 5.95 Å². The van der Waals surface area contributed by atoms with Gasteiger partial charge in [0.15, 0.2) is 0 Å². The lowest BCUT2D eigenvalue weighted by Crippen LogP contribution is -2.31. The second kappa shape index (κ2) is 6.60. The first-order chi connectivity index (χ1) is 12.4. The first kappa shape index (κ1) is 17.9. The van der Waals surface area contributed by atoms with Gasteiger partial charge in [-0.2, -0.15) is 10.1 Å². The van der Waals surface area contributed by atoms with E-state index in [0.717, 1.165) is 33.1 Å². The molecule has 0 aliphatic carbocycles. The van der Waals surface area contributed by atoms with Crippen molar-refractivity contribution in [1.29, 1.82) is 0 Å². The number of hydrogen-bond acceptors (Lipinski definition) is 7. The fourth-order valence-corrected chi connectivity index (χ4v) is 5.23. The molecule has 0 aromatic carbocycles. The summed E-state index contributed by atoms with van der Waals surface area (Å²) in [6.45, 7) is 8.93. The molecule has 26 heavy (non-hydrogen) atoms. The molecule has 1 aliphatic heterocycles. The zero-order chi connectivity index (χ0) is 18.5. The number of fused-ring (bicyclic) bond motifs is 3. The Hall–Kier alpha value is -1.48. The molecule has 0 amide bonds. The van der Waals surface area contributed by atoms with Crippen molar-refractivity contribution >= 4 is 33.3 Å². The molecule has 0 spiro atoms. The number of aromatic nitrogens is 4. The lowest BCUT2D eigenvalue weighted by Gasteiger charge is -2.30. The highest BCUT2D eigenvalue weighted by Crippen LogP contribution is 2.41. The van der Waals surface area contributed by atoms with Crippen molar-refractivity contribution in [2.75, 3.05) is 12.4 Å². The van der Waals surface area contributed by atoms with Crippen LogP contribution in [0, 0.1) is 13.8 Å². The first-order valence-corrected chi connectivity index (χ1v) is 10.4. The van der Waals surface area contributed by atoms with Gasteiger partial charge < -0.3 is 9.84 Å². The van der Waals surface area contributed by atoms with E-state index in [1.807, 2.05) is 19.9 Å². The molecule has 6 nitrogen and oxygen atoms in total. The van der Waals surface area contributed by atoms with Gasteiger partial charge in [0.25, 0.3) is 5.95 Å². The number of rotatable bonds is 4. The van der Waals surface area contributed by atoms with Crippen LogP contribution >= 0.6 is 23.1 Å². The molecule has 138 valence electrons. The predicted molar refractivity (Wildman–Crippen MR) is 104 cm³/mol. The number of nitrogens with zero attached hydrogens (tertiary/aromatic N) is 4. The lowest BCUT2D eigenvalue weighted by molar-refractivity contribution is -0.0379. The molecule has 0 atom stereocenters. The van der Waals surface area contributed by atoms with Gasteiger partial charge in [0, 0.05) is 28.1 Å². The lowest BCUT2D eigenvalue weighted by atomic mass is 9.95. The maximum atomic E-state index is 9.31. The number of thiophene rings is 1. The Kier molecular flexibility index (Phi) is 4.54. The highest BCUT2D eigenvalue weighted by Gasteiger charge is 2.31. The fourth-order valence-electron chi connectivity index (χ4n) is 3.27. The smallest absolute Gasteiger partial charge is 0.253 e. The Labute approximate surface area is 160 Å². The fraction of sp³-hybridized carbons (Fsp3) is 0.500. The van der Waals surface area contributed by atoms with Crippen LogP contribution in [0.1, 0.15) is 35.7 Å². The molecule has 0 radical (unpaired) electrons. The van der Waals surface area contributed by atoms with E-state index in [-0.39, 0.29) is 12.2 Å². The number of hydrogen-bond donors (Lipinski definition) is 1. The zero-order valence-corrected chi connectivity index (χ0v) is 17.0. The summed E-state index contributed by atoms with van der Waals surface area (Å²) in [5.74, 6) is 1.19. The number of aliphatic hydroxyl groups excluding tert-OH is 1. The molecular weight excluding hydrogens is 368 g/mol. The van der Waals surface area contributed by atoms with Crippen LogP contribution in [0.15, 0.2) is 11.1 Å². The normalized spacial score (nSPS) is 16.2. The van der Waals surface area contributed by atoms with E-state index in [4.69, 9.17) is 14.7 Å². The average molecular weight is 391 g/mol. The summed E-state index contributed by atoms with van der Waals surface area (Å²) < 4.78 is 7.77. The van der Waals surface area contributed by atoms with Crippen LogP contribution in [0.25, 0.3) is 16.2 Å². The van der Waals surface area contributed by atoms with Crippen molar-refractivity contribution in [3.63, 3.8) is 0 Å². The zero-order valence-electron chi connectivity index (χ0n) is 15.4. The highest BCUT2D eigenvalue weighted by molar-refractivity contribution is 7.99. The maximum Gasteiger partial charge on any atom is 0.253 e. The van der Waals surface area contributed by atoms with E-state index in [1.54, 1.807) is 27.8 Å². The van der Waals surface area contributed by atoms with E-state index < -0.39 is 0 Å². The number of thioether (sulfide) groups is 1. The summed E-state index contributed by atoms with van der Waals surface area (Å²) >= 11 is 3.25. The molecule has 0 bridgehead atoms. The van der Waals surface area contributed by atoms with E-state index in [0.29, 0.717) is 18.3 Å². The van der Waals surface area contributed by atoms with Crippen molar-refractivity contribution in [2.45, 2.75) is 51.3 Å². The average Bonchev–Trinajstić information content (AvgIpc) is 3.10. The third-order valence-corrected chi connectivity index (χ3v) is 6.47. The molecule has 0 unspecified atom stereocenters. The summed E-state index contributed by atoms with van der Waals surface area (Å²) in [6, 6.07) is 2.02. The Balaban J connectivity index is 1.91. The summed E-state index contributed by atoms with van der Waals surface area (Å²) in [4.78, 5) is 11.8. The monoisotopic (exact) mass is 390 g/mol. The number of aryl methyl sites for hydroxylation is 2. The standard InChI is InChI=1S/C18H22N4O2S2/c1-10-7-11(2)22(21-10)17-19-15(25-6-5-23)14-12-8-18(3,4)24-9-13(12)26-16(14)20-17/h7,23H,5-6,8-9H2,1-4H3. The molecule has 3 aromatic rings. The Morgan fingerprint density at radius 2 is 2.15 bits per heavy atom. The molecule has 4 heterocycles. The van der Waals surface area contributed by atoms with Crippen LogP contribution in [0.4, 0.5) is 0 Å². The van der Waals surface area contributed by atoms with Gasteiger partial charge in [-0.3, -0.25) is 0 Å². The quantitative estimate of drug-likeness (QED) is 0.543. The van der Waals surface area contributed by atoms with Gasteiger partial charge in [-0.1, -0.05) is 0 Å². The first-order valence-electron chi connectivity index (χ1n) is 8.61. The van der Waals surface area contributed by atoms with Crippen LogP contribution in [0.2, 0.25) is 0 Å². The molecule has 0 fully saturated rings. The van der Waals surface area contributed by atoms with Crippen LogP contribution in [-0.2, 0) is 17.8 Å². The molecule has 1 N–H and O–H groups in total. The van der Waals surface area contributed by atoms with Gasteiger partial charge in [0.05, 0.1) is 24.5 Å². The van der Waals surface area contributed by atoms with Crippen molar-refractivity contribution in [1.82, 2.24) is 19.7 Å². The van der Waals surface area contributed by atoms with E-state index in [2.05, 4.69) is 18.9 Å². The van der Waals surface area contributed by atoms with E-state index in [1.165, 1.54) is 10.4 Å². The van der Waals surface area contributed by atoms with Crippen molar-refractivity contribution in [3.05, 3.63) is 27.9 Å². The van der Waals surface area contributed by atoms with Gasteiger partial charge in [-0.15, -0.1) is 23.1 Å². The largest absolute Gasteiger partial charge is 0.396 e. The minimum Gasteiger partial charge on any atom is -0.396 e. The summed E-state index contributed by atoms with van der Waals surface area (Å²) in [5.41, 5.74) is 3.05. The second-order valence-electron chi connectivity index (χ2n) is 7.15. The van der Waals surface area contributed by atoms with Gasteiger partial charge in [0.2, 0.25) is 0 Å². The molecular formula is C18H22N4O2S2. The Morgan fingerprint density at radius 3 is 2.85 bits per heavy atom. The van der Waals surface area contributed by atoms with E-state index >= 15 is 0 Å². The molecule has 8 heteroatoms. The minimum atomic E-state index is -0.186. The molecule has 1 aliphatic rings. The third kappa shape index (κ3) is 3.15. The topological polar surface area (TPSA) is 73.1 Å². The second-order valence-corrected chi connectivity index (χ2v) is 9.32. The molecule has 0 saturated heterocycles. The summed E-state index contributed by atoms with van der Waals surface area (Å²) in [7, 11) is 0. The third-order valence-electron chi connectivity index (χ3n) is 4.41. The van der Waals surface area contributed by atoms with Crippen LogP contribution in [0.5, 0.6) is 0 Å². The maximum absolute atomic E-state index is 9.31. The van der Waals surface area contributed by atoms with Gasteiger partial charge >= 0.3 is 0 Å². The highest BCUT2D eigenvalue weighted by atomic mass is 32.2. The minimum absolute atomic E-state index is 0.117. The van der Waals surface area contributed by atoms with Gasteiger partial charge in [-0.25, -0.2) is 9.67 Å². The Bertz CT molecular complexity index is 977. The summed E-state index contributed by atoms with van der Waals surface area (Å²) in [6.07, 6.45) is 0.845. The van der Waals surface area contributed by atoms with Crippen LogP contribution < -0.4 is 0 Å². The van der Waals surface area contributed by atoms with Crippen LogP contribution in [-0.4, -0.2) is 42.8 Å². The van der Waals surface area contributed by atoms with E-state index in [9.17, 15) is 5.11 Å². The number of aliphatic hydroxyl groups is 1. The molecule has 3 aromatic heterocycles. The molecule has 0 saturated carbocycles. The molecule has 4 rings (SSSR count). The van der Waals surface area contributed by atoms with Crippen LogP contribution in [0.3, 0.4) is 0 Å². The van der Waals surface area contributed by atoms with Crippen molar-refractivity contribution in [2.24, 2.45) is 0 Å². The van der Waals surface area contributed by atoms with Crippen molar-refractivity contribution < 1.29 is 9.84 Å². The summed E-state index contributed by atoms with van der Waals surface area (Å²) in [5, 5.41) is 15.9. The number of ether oxygens (including phenoxy) is 1. The Morgan fingerprint density at radius 1 is 1.35 bits per heavy atom. The SMILES string of the molecule is Cc1cc(C)n(-c2nc(SCCO)c3c4c(sc3n2)COC(C)(C)C4)n1. The predicted octanol–water partition coefficient (Wildman–Crippen LogP) is 3.43.